The Morgan fingerprint density at radius 2 is 1.85 bits per heavy atom. The van der Waals surface area contributed by atoms with E-state index in [9.17, 15) is 29.6 Å². The third-order valence-electron chi connectivity index (χ3n) is 6.91. The minimum atomic E-state index is -1.98. The standard InChI is InChI=1S/C27H18IN3O9/c1-2-16-17-9-15(40-26(34)39-14-5-3-13(4-6-14)31(36)37)7-8-21(17)29-23-18(16)11-30-22(23)10-20-19(24(30)32)12-38-25(33)27(20,28)35/h3-10,35H,2,11-12H2,1H3/t27-/m0/s1. The summed E-state index contributed by atoms with van der Waals surface area (Å²) >= 11 is 1.58. The first-order valence-electron chi connectivity index (χ1n) is 12.0. The number of pyridine rings is 2. The van der Waals surface area contributed by atoms with Gasteiger partial charge in [0.2, 0.25) is 3.61 Å². The van der Waals surface area contributed by atoms with Gasteiger partial charge in [-0.05, 0) is 71.0 Å². The van der Waals surface area contributed by atoms with Crippen molar-refractivity contribution >= 4 is 51.3 Å². The van der Waals surface area contributed by atoms with Gasteiger partial charge in [-0.25, -0.2) is 14.6 Å². The van der Waals surface area contributed by atoms with Crippen molar-refractivity contribution in [2.75, 3.05) is 0 Å². The van der Waals surface area contributed by atoms with E-state index in [0.29, 0.717) is 23.3 Å². The zero-order valence-corrected chi connectivity index (χ0v) is 22.8. The Kier molecular flexibility index (Phi) is 6.07. The van der Waals surface area contributed by atoms with E-state index in [0.717, 1.165) is 16.5 Å². The molecule has 0 radical (unpaired) electrons. The van der Waals surface area contributed by atoms with Gasteiger partial charge in [-0.3, -0.25) is 14.9 Å². The number of esters is 1. The van der Waals surface area contributed by atoms with Crippen LogP contribution in [0.2, 0.25) is 0 Å². The molecule has 0 saturated carbocycles. The molecule has 12 nitrogen and oxygen atoms in total. The van der Waals surface area contributed by atoms with E-state index in [4.69, 9.17) is 19.2 Å². The van der Waals surface area contributed by atoms with Crippen LogP contribution in [0.5, 0.6) is 11.5 Å². The Labute approximate surface area is 238 Å². The molecule has 2 aliphatic rings. The lowest BCUT2D eigenvalue weighted by Gasteiger charge is -2.27. The summed E-state index contributed by atoms with van der Waals surface area (Å²) in [5, 5.41) is 22.3. The highest BCUT2D eigenvalue weighted by atomic mass is 127. The number of rotatable bonds is 4. The summed E-state index contributed by atoms with van der Waals surface area (Å²) in [7, 11) is 0. The predicted molar refractivity (Wildman–Crippen MR) is 147 cm³/mol. The number of nitrogens with zero attached hydrogens (tertiary/aromatic N) is 3. The number of ether oxygens (including phenoxy) is 3. The van der Waals surface area contributed by atoms with E-state index >= 15 is 0 Å². The average molecular weight is 655 g/mol. The molecule has 4 heterocycles. The van der Waals surface area contributed by atoms with Crippen molar-refractivity contribution in [2.24, 2.45) is 0 Å². The number of benzene rings is 2. The van der Waals surface area contributed by atoms with Crippen LogP contribution >= 0.6 is 22.6 Å². The van der Waals surface area contributed by atoms with Gasteiger partial charge < -0.3 is 23.9 Å². The second-order valence-corrected chi connectivity index (χ2v) is 10.7. The molecule has 4 aromatic rings. The summed E-state index contributed by atoms with van der Waals surface area (Å²) in [5.41, 5.74) is 3.28. The van der Waals surface area contributed by atoms with E-state index in [1.807, 2.05) is 6.92 Å². The number of carbonyl (C=O) groups is 2. The second-order valence-electron chi connectivity index (χ2n) is 9.17. The number of hydrogen-bond donors (Lipinski definition) is 1. The Balaban J connectivity index is 1.35. The molecule has 0 aliphatic carbocycles. The smallest absolute Gasteiger partial charge is 0.458 e. The molecule has 0 fully saturated rings. The topological polar surface area (TPSA) is 160 Å². The monoisotopic (exact) mass is 655 g/mol. The van der Waals surface area contributed by atoms with Crippen molar-refractivity contribution in [1.82, 2.24) is 9.55 Å². The summed E-state index contributed by atoms with van der Waals surface area (Å²) in [6, 6.07) is 11.5. The summed E-state index contributed by atoms with van der Waals surface area (Å²) in [5.74, 6) is -0.547. The lowest BCUT2D eigenvalue weighted by Crippen LogP contribution is -2.40. The first-order valence-corrected chi connectivity index (χ1v) is 13.1. The third kappa shape index (κ3) is 4.08. The van der Waals surface area contributed by atoms with E-state index in [2.05, 4.69) is 0 Å². The molecule has 2 aromatic carbocycles. The van der Waals surface area contributed by atoms with Crippen molar-refractivity contribution in [1.29, 1.82) is 0 Å². The highest BCUT2D eigenvalue weighted by Crippen LogP contribution is 2.42. The molecule has 0 bridgehead atoms. The number of halogens is 1. The molecule has 202 valence electrons. The molecular formula is C27H18IN3O9. The van der Waals surface area contributed by atoms with Gasteiger partial charge in [0.15, 0.2) is 0 Å². The van der Waals surface area contributed by atoms with Crippen molar-refractivity contribution < 1.29 is 33.8 Å². The van der Waals surface area contributed by atoms with E-state index in [-0.39, 0.29) is 47.0 Å². The molecule has 1 N–H and O–H groups in total. The van der Waals surface area contributed by atoms with Crippen LogP contribution in [0.3, 0.4) is 0 Å². The van der Waals surface area contributed by atoms with Gasteiger partial charge in [-0.2, -0.15) is 0 Å². The molecule has 2 aliphatic heterocycles. The number of hydrogen-bond acceptors (Lipinski definition) is 10. The van der Waals surface area contributed by atoms with Crippen LogP contribution in [0.1, 0.15) is 29.2 Å². The Morgan fingerprint density at radius 3 is 2.55 bits per heavy atom. The Morgan fingerprint density at radius 1 is 1.15 bits per heavy atom. The number of aryl methyl sites for hydroxylation is 1. The molecule has 0 unspecified atom stereocenters. The first-order chi connectivity index (χ1) is 19.1. The number of aliphatic hydroxyl groups is 1. The number of carbonyl (C=O) groups excluding carboxylic acids is 2. The highest BCUT2D eigenvalue weighted by Gasteiger charge is 2.45. The van der Waals surface area contributed by atoms with Crippen LogP contribution in [0, 0.1) is 10.1 Å². The van der Waals surface area contributed by atoms with Gasteiger partial charge in [0, 0.05) is 28.6 Å². The molecule has 2 aromatic heterocycles. The molecular weight excluding hydrogens is 637 g/mol. The maximum absolute atomic E-state index is 13.4. The SMILES string of the molecule is CCc1c2c(nc3ccc(OC(=O)Oc4ccc([N+](=O)[O-])cc4)cc13)-c1cc3c(c(=O)n1C2)COC(=O)[C@]3(O)I. The van der Waals surface area contributed by atoms with Crippen molar-refractivity contribution in [2.45, 2.75) is 30.1 Å². The van der Waals surface area contributed by atoms with Gasteiger partial charge in [-0.15, -0.1) is 0 Å². The van der Waals surface area contributed by atoms with Gasteiger partial charge >= 0.3 is 12.1 Å². The Hall–Kier alpha value is -4.37. The molecule has 13 heteroatoms. The van der Waals surface area contributed by atoms with Gasteiger partial charge in [0.25, 0.3) is 11.2 Å². The zero-order chi connectivity index (χ0) is 28.3. The number of nitro benzene ring substituents is 1. The van der Waals surface area contributed by atoms with Gasteiger partial charge in [0.1, 0.15) is 18.1 Å². The number of alkyl halides is 1. The molecule has 40 heavy (non-hydrogen) atoms. The summed E-state index contributed by atoms with van der Waals surface area (Å²) in [6.07, 6.45) is -0.439. The minimum Gasteiger partial charge on any atom is -0.458 e. The fourth-order valence-electron chi connectivity index (χ4n) is 5.03. The van der Waals surface area contributed by atoms with E-state index in [1.165, 1.54) is 24.3 Å². The van der Waals surface area contributed by atoms with Crippen LogP contribution in [-0.4, -0.2) is 31.7 Å². The van der Waals surface area contributed by atoms with Crippen molar-refractivity contribution in [3.05, 3.63) is 91.3 Å². The lowest BCUT2D eigenvalue weighted by atomic mass is 9.97. The first kappa shape index (κ1) is 25.9. The zero-order valence-electron chi connectivity index (χ0n) is 20.7. The third-order valence-corrected chi connectivity index (χ3v) is 7.93. The quantitative estimate of drug-likeness (QED) is 0.0746. The maximum atomic E-state index is 13.4. The molecule has 6 rings (SSSR count). The van der Waals surface area contributed by atoms with Gasteiger partial charge in [0.05, 0.1) is 33.9 Å². The number of aromatic nitrogens is 2. The van der Waals surface area contributed by atoms with Crippen LogP contribution in [-0.2, 0) is 32.7 Å². The molecule has 1 atom stereocenters. The Bertz CT molecular complexity index is 1830. The van der Waals surface area contributed by atoms with E-state index in [1.54, 1.807) is 51.4 Å². The van der Waals surface area contributed by atoms with Crippen LogP contribution in [0.25, 0.3) is 22.3 Å². The van der Waals surface area contributed by atoms with Crippen LogP contribution < -0.4 is 15.0 Å². The number of nitro groups is 1. The summed E-state index contributed by atoms with van der Waals surface area (Å²) in [6.45, 7) is 1.98. The molecule has 0 spiro atoms. The largest absolute Gasteiger partial charge is 0.519 e. The van der Waals surface area contributed by atoms with Crippen LogP contribution in [0.4, 0.5) is 10.5 Å². The average Bonchev–Trinajstić information content (AvgIpc) is 3.29. The number of non-ortho nitro benzene ring substituents is 1. The normalized spacial score (nSPS) is 17.0. The lowest BCUT2D eigenvalue weighted by molar-refractivity contribution is -0.384. The summed E-state index contributed by atoms with van der Waals surface area (Å²) < 4.78 is 15.1. The van der Waals surface area contributed by atoms with Crippen LogP contribution in [0.15, 0.2) is 53.3 Å². The fourth-order valence-corrected chi connectivity index (χ4v) is 5.66. The van der Waals surface area contributed by atoms with Crippen molar-refractivity contribution in [3.63, 3.8) is 0 Å². The maximum Gasteiger partial charge on any atom is 0.519 e. The summed E-state index contributed by atoms with van der Waals surface area (Å²) in [4.78, 5) is 53.0. The predicted octanol–water partition coefficient (Wildman–Crippen LogP) is 4.11. The number of fused-ring (bicyclic) bond motifs is 5. The highest BCUT2D eigenvalue weighted by molar-refractivity contribution is 14.1. The van der Waals surface area contributed by atoms with E-state index < -0.39 is 20.7 Å². The minimum absolute atomic E-state index is 0.0847. The van der Waals surface area contributed by atoms with Gasteiger partial charge in [-0.1, -0.05) is 6.92 Å². The fraction of sp³-hybridized carbons (Fsp3) is 0.185. The second kappa shape index (κ2) is 9.38. The number of cyclic esters (lactones) is 1. The van der Waals surface area contributed by atoms with Crippen molar-refractivity contribution in [3.8, 4) is 22.9 Å². The molecule has 0 saturated heterocycles. The molecule has 0 amide bonds.